The topological polar surface area (TPSA) is 67.9 Å². The van der Waals surface area contributed by atoms with Gasteiger partial charge in [0.1, 0.15) is 11.5 Å². The van der Waals surface area contributed by atoms with Gasteiger partial charge in [-0.25, -0.2) is 0 Å². The van der Waals surface area contributed by atoms with E-state index in [4.69, 9.17) is 9.47 Å². The number of nitrogens with zero attached hydrogens (tertiary/aromatic N) is 1. The van der Waals surface area contributed by atoms with E-state index in [1.165, 1.54) is 5.56 Å². The first-order chi connectivity index (χ1) is 15.0. The van der Waals surface area contributed by atoms with Crippen LogP contribution >= 0.6 is 0 Å². The molecule has 6 heteroatoms. The molecular formula is C25H32N2O4. The van der Waals surface area contributed by atoms with Gasteiger partial charge in [0.2, 0.25) is 0 Å². The second-order valence-electron chi connectivity index (χ2n) is 8.10. The van der Waals surface area contributed by atoms with E-state index in [2.05, 4.69) is 19.2 Å². The Labute approximate surface area is 184 Å². The smallest absolute Gasteiger partial charge is 0.258 e. The van der Waals surface area contributed by atoms with Gasteiger partial charge in [-0.1, -0.05) is 26.0 Å². The molecule has 0 spiro atoms. The third-order valence-electron chi connectivity index (χ3n) is 5.48. The molecule has 166 valence electrons. The number of nitrogens with one attached hydrogen (secondary N) is 1. The fourth-order valence-electron chi connectivity index (χ4n) is 3.64. The Balaban J connectivity index is 1.41. The molecule has 0 radical (unpaired) electrons. The van der Waals surface area contributed by atoms with Crippen LogP contribution < -0.4 is 14.8 Å². The highest BCUT2D eigenvalue weighted by Gasteiger charge is 2.24. The van der Waals surface area contributed by atoms with Crippen LogP contribution in [-0.4, -0.2) is 49.1 Å². The number of hydrogen-bond acceptors (Lipinski definition) is 4. The summed E-state index contributed by atoms with van der Waals surface area (Å²) in [5.41, 5.74) is 1.95. The molecule has 1 aliphatic rings. The Morgan fingerprint density at radius 1 is 0.968 bits per heavy atom. The first-order valence-corrected chi connectivity index (χ1v) is 11.0. The summed E-state index contributed by atoms with van der Waals surface area (Å²) in [7, 11) is 0. The highest BCUT2D eigenvalue weighted by molar-refractivity contribution is 5.94. The van der Waals surface area contributed by atoms with Crippen LogP contribution in [-0.2, 0) is 4.79 Å². The number of carbonyl (C=O) groups excluding carboxylic acids is 2. The summed E-state index contributed by atoms with van der Waals surface area (Å²) in [6, 6.07) is 15.1. The van der Waals surface area contributed by atoms with Gasteiger partial charge in [0, 0.05) is 24.7 Å². The van der Waals surface area contributed by atoms with Crippen LogP contribution in [0.15, 0.2) is 48.5 Å². The third kappa shape index (κ3) is 6.48. The predicted octanol–water partition coefficient (Wildman–Crippen LogP) is 4.01. The number of piperidine rings is 1. The maximum absolute atomic E-state index is 12.7. The second kappa shape index (κ2) is 10.8. The highest BCUT2D eigenvalue weighted by atomic mass is 16.5. The number of likely N-dealkylation sites (tertiary alicyclic amines) is 1. The molecule has 1 N–H and O–H groups in total. The van der Waals surface area contributed by atoms with Crippen molar-refractivity contribution in [2.75, 3.05) is 26.3 Å². The minimum atomic E-state index is -0.150. The number of carbonyl (C=O) groups is 2. The zero-order valence-electron chi connectivity index (χ0n) is 18.6. The third-order valence-corrected chi connectivity index (χ3v) is 5.48. The van der Waals surface area contributed by atoms with Crippen molar-refractivity contribution in [3.05, 3.63) is 59.7 Å². The summed E-state index contributed by atoms with van der Waals surface area (Å²) < 4.78 is 10.9. The standard InChI is InChI=1S/C25H32N2O4/c1-4-30-22-9-11-23(12-10-22)31-17-24(28)26-21-13-15-27(16-14-21)25(29)20-7-5-19(6-8-20)18(2)3/h5-12,18,21H,4,13-17H2,1-3H3,(H,26,28). The number of hydrogen-bond donors (Lipinski definition) is 1. The largest absolute Gasteiger partial charge is 0.494 e. The van der Waals surface area contributed by atoms with Crippen molar-refractivity contribution in [2.24, 2.45) is 0 Å². The molecule has 1 saturated heterocycles. The van der Waals surface area contributed by atoms with Crippen molar-refractivity contribution in [1.29, 1.82) is 0 Å². The zero-order chi connectivity index (χ0) is 22.2. The molecule has 6 nitrogen and oxygen atoms in total. The molecule has 0 atom stereocenters. The number of amides is 2. The van der Waals surface area contributed by atoms with Gasteiger partial charge < -0.3 is 19.7 Å². The summed E-state index contributed by atoms with van der Waals surface area (Å²) in [5.74, 6) is 1.75. The van der Waals surface area contributed by atoms with E-state index in [-0.39, 0.29) is 24.5 Å². The zero-order valence-corrected chi connectivity index (χ0v) is 18.6. The second-order valence-corrected chi connectivity index (χ2v) is 8.10. The summed E-state index contributed by atoms with van der Waals surface area (Å²) in [6.45, 7) is 8.05. The lowest BCUT2D eigenvalue weighted by Crippen LogP contribution is -2.47. The minimum absolute atomic E-state index is 0.0324. The van der Waals surface area contributed by atoms with Crippen LogP contribution in [0.1, 0.15) is 55.5 Å². The van der Waals surface area contributed by atoms with E-state index < -0.39 is 0 Å². The molecule has 0 saturated carbocycles. The Kier molecular flexibility index (Phi) is 7.93. The average Bonchev–Trinajstić information content (AvgIpc) is 2.79. The van der Waals surface area contributed by atoms with Crippen LogP contribution in [0.4, 0.5) is 0 Å². The SMILES string of the molecule is CCOc1ccc(OCC(=O)NC2CCN(C(=O)c3ccc(C(C)C)cc3)CC2)cc1. The molecule has 31 heavy (non-hydrogen) atoms. The van der Waals surface area contributed by atoms with E-state index in [1.807, 2.05) is 48.2 Å². The van der Waals surface area contributed by atoms with Gasteiger partial charge in [0.25, 0.3) is 11.8 Å². The monoisotopic (exact) mass is 424 g/mol. The van der Waals surface area contributed by atoms with Crippen molar-refractivity contribution >= 4 is 11.8 Å². The van der Waals surface area contributed by atoms with E-state index >= 15 is 0 Å². The molecule has 1 heterocycles. The van der Waals surface area contributed by atoms with Crippen molar-refractivity contribution < 1.29 is 19.1 Å². The Bertz CT molecular complexity index is 854. The van der Waals surface area contributed by atoms with Crippen LogP contribution in [0, 0.1) is 0 Å². The van der Waals surface area contributed by atoms with Gasteiger partial charge in [0.05, 0.1) is 6.61 Å². The van der Waals surface area contributed by atoms with Crippen molar-refractivity contribution in [2.45, 2.75) is 45.6 Å². The van der Waals surface area contributed by atoms with Crippen LogP contribution in [0.5, 0.6) is 11.5 Å². The maximum Gasteiger partial charge on any atom is 0.258 e. The highest BCUT2D eigenvalue weighted by Crippen LogP contribution is 2.19. The van der Waals surface area contributed by atoms with Gasteiger partial charge in [-0.3, -0.25) is 9.59 Å². The molecule has 1 aliphatic heterocycles. The van der Waals surface area contributed by atoms with E-state index in [0.717, 1.165) is 24.2 Å². The molecular weight excluding hydrogens is 392 g/mol. The first-order valence-electron chi connectivity index (χ1n) is 11.0. The molecule has 2 aromatic rings. The molecule has 0 aromatic heterocycles. The number of rotatable bonds is 8. The van der Waals surface area contributed by atoms with Gasteiger partial charge in [-0.05, 0) is 67.6 Å². The van der Waals surface area contributed by atoms with Crippen molar-refractivity contribution in [3.63, 3.8) is 0 Å². The van der Waals surface area contributed by atoms with Crippen LogP contribution in [0.3, 0.4) is 0 Å². The van der Waals surface area contributed by atoms with Crippen molar-refractivity contribution in [3.8, 4) is 11.5 Å². The molecule has 0 bridgehead atoms. The lowest BCUT2D eigenvalue weighted by molar-refractivity contribution is -0.124. The molecule has 0 unspecified atom stereocenters. The van der Waals surface area contributed by atoms with Crippen LogP contribution in [0.2, 0.25) is 0 Å². The van der Waals surface area contributed by atoms with E-state index in [9.17, 15) is 9.59 Å². The normalized spacial score (nSPS) is 14.4. The van der Waals surface area contributed by atoms with Gasteiger partial charge in [0.15, 0.2) is 6.61 Å². The van der Waals surface area contributed by atoms with Crippen LogP contribution in [0.25, 0.3) is 0 Å². The summed E-state index contributed by atoms with van der Waals surface area (Å²) >= 11 is 0. The lowest BCUT2D eigenvalue weighted by atomic mass is 10.0. The molecule has 2 amide bonds. The molecule has 2 aromatic carbocycles. The number of benzene rings is 2. The predicted molar refractivity (Wildman–Crippen MR) is 121 cm³/mol. The molecule has 1 fully saturated rings. The Morgan fingerprint density at radius 3 is 2.10 bits per heavy atom. The number of ether oxygens (including phenoxy) is 2. The fourth-order valence-corrected chi connectivity index (χ4v) is 3.64. The minimum Gasteiger partial charge on any atom is -0.494 e. The Morgan fingerprint density at radius 2 is 1.55 bits per heavy atom. The van der Waals surface area contributed by atoms with E-state index in [1.54, 1.807) is 12.1 Å². The fraction of sp³-hybridized carbons (Fsp3) is 0.440. The van der Waals surface area contributed by atoms with Gasteiger partial charge in [-0.2, -0.15) is 0 Å². The summed E-state index contributed by atoms with van der Waals surface area (Å²) in [5, 5.41) is 3.01. The maximum atomic E-state index is 12.7. The molecule has 0 aliphatic carbocycles. The quantitative estimate of drug-likeness (QED) is 0.695. The Hall–Kier alpha value is -3.02. The van der Waals surface area contributed by atoms with Gasteiger partial charge in [-0.15, -0.1) is 0 Å². The van der Waals surface area contributed by atoms with E-state index in [0.29, 0.717) is 31.4 Å². The first kappa shape index (κ1) is 22.7. The summed E-state index contributed by atoms with van der Waals surface area (Å²) in [4.78, 5) is 26.8. The molecule has 3 rings (SSSR count). The average molecular weight is 425 g/mol. The summed E-state index contributed by atoms with van der Waals surface area (Å²) in [6.07, 6.45) is 1.48. The van der Waals surface area contributed by atoms with Crippen molar-refractivity contribution in [1.82, 2.24) is 10.2 Å². The van der Waals surface area contributed by atoms with Gasteiger partial charge >= 0.3 is 0 Å². The lowest BCUT2D eigenvalue weighted by Gasteiger charge is -2.32.